The fourth-order valence-corrected chi connectivity index (χ4v) is 3.85. The second kappa shape index (κ2) is 7.75. The number of carbonyl (C=O) groups excluding carboxylic acids is 1. The Labute approximate surface area is 151 Å². The highest BCUT2D eigenvalue weighted by Crippen LogP contribution is 2.28. The standard InChI is InChI=1S/C20H31N3O2/c1-15(2)22-8-10-23(11-9-22)18-6-4-17(5-7-18)20(25)21(3)14-16-12-19(24)13-16/h4-7,15-16,19,24H,8-14H2,1-3H3. The molecule has 0 unspecified atom stereocenters. The number of hydrogen-bond donors (Lipinski definition) is 1. The van der Waals surface area contributed by atoms with Gasteiger partial charge in [-0.05, 0) is 56.9 Å². The number of amides is 1. The normalized spacial score (nSPS) is 24.3. The molecule has 3 rings (SSSR count). The number of carbonyl (C=O) groups is 1. The van der Waals surface area contributed by atoms with Gasteiger partial charge in [0.15, 0.2) is 0 Å². The third kappa shape index (κ3) is 4.33. The Morgan fingerprint density at radius 1 is 1.16 bits per heavy atom. The highest BCUT2D eigenvalue weighted by molar-refractivity contribution is 5.94. The van der Waals surface area contributed by atoms with E-state index >= 15 is 0 Å². The molecule has 0 atom stereocenters. The van der Waals surface area contributed by atoms with Gasteiger partial charge < -0.3 is 14.9 Å². The molecule has 1 saturated carbocycles. The van der Waals surface area contributed by atoms with E-state index in [0.717, 1.165) is 51.1 Å². The van der Waals surface area contributed by atoms with Crippen LogP contribution in [0.1, 0.15) is 37.0 Å². The van der Waals surface area contributed by atoms with Gasteiger partial charge in [-0.15, -0.1) is 0 Å². The van der Waals surface area contributed by atoms with Gasteiger partial charge in [0.1, 0.15) is 0 Å². The maximum absolute atomic E-state index is 12.6. The first kappa shape index (κ1) is 18.2. The number of benzene rings is 1. The van der Waals surface area contributed by atoms with E-state index < -0.39 is 0 Å². The molecule has 25 heavy (non-hydrogen) atoms. The zero-order valence-corrected chi connectivity index (χ0v) is 15.7. The average Bonchev–Trinajstić information content (AvgIpc) is 2.60. The maximum Gasteiger partial charge on any atom is 0.253 e. The van der Waals surface area contributed by atoms with E-state index in [9.17, 15) is 9.90 Å². The van der Waals surface area contributed by atoms with E-state index in [4.69, 9.17) is 0 Å². The summed E-state index contributed by atoms with van der Waals surface area (Å²) in [7, 11) is 1.85. The number of nitrogens with zero attached hydrogens (tertiary/aromatic N) is 3. The Balaban J connectivity index is 1.54. The van der Waals surface area contributed by atoms with Crippen LogP contribution >= 0.6 is 0 Å². The van der Waals surface area contributed by atoms with Crippen molar-refractivity contribution in [2.24, 2.45) is 5.92 Å². The van der Waals surface area contributed by atoms with Crippen LogP contribution in [0.5, 0.6) is 0 Å². The summed E-state index contributed by atoms with van der Waals surface area (Å²) in [6.45, 7) is 9.48. The second-order valence-electron chi connectivity index (χ2n) is 7.84. The van der Waals surface area contributed by atoms with Crippen molar-refractivity contribution in [3.8, 4) is 0 Å². The molecule has 0 spiro atoms. The number of piperazine rings is 1. The highest BCUT2D eigenvalue weighted by Gasteiger charge is 2.29. The fourth-order valence-electron chi connectivity index (χ4n) is 3.85. The van der Waals surface area contributed by atoms with Gasteiger partial charge in [-0.25, -0.2) is 0 Å². The summed E-state index contributed by atoms with van der Waals surface area (Å²) in [5, 5.41) is 9.38. The first-order chi connectivity index (χ1) is 11.9. The van der Waals surface area contributed by atoms with Gasteiger partial charge in [-0.2, -0.15) is 0 Å². The van der Waals surface area contributed by atoms with Gasteiger partial charge in [-0.1, -0.05) is 0 Å². The summed E-state index contributed by atoms with van der Waals surface area (Å²) < 4.78 is 0. The Morgan fingerprint density at radius 2 is 1.76 bits per heavy atom. The summed E-state index contributed by atoms with van der Waals surface area (Å²) in [5.41, 5.74) is 1.94. The molecular formula is C20H31N3O2. The molecule has 0 radical (unpaired) electrons. The first-order valence-corrected chi connectivity index (χ1v) is 9.46. The van der Waals surface area contributed by atoms with Crippen LogP contribution in [0, 0.1) is 5.92 Å². The Kier molecular flexibility index (Phi) is 5.64. The molecule has 1 aliphatic heterocycles. The van der Waals surface area contributed by atoms with Crippen molar-refractivity contribution >= 4 is 11.6 Å². The molecule has 1 aromatic rings. The minimum atomic E-state index is -0.163. The summed E-state index contributed by atoms with van der Waals surface area (Å²) in [5.74, 6) is 0.512. The van der Waals surface area contributed by atoms with Crippen molar-refractivity contribution in [3.05, 3.63) is 29.8 Å². The van der Waals surface area contributed by atoms with Gasteiger partial charge in [0.25, 0.3) is 5.91 Å². The molecular weight excluding hydrogens is 314 g/mol. The van der Waals surface area contributed by atoms with Crippen LogP contribution in [-0.2, 0) is 0 Å². The monoisotopic (exact) mass is 345 g/mol. The highest BCUT2D eigenvalue weighted by atomic mass is 16.3. The van der Waals surface area contributed by atoms with Crippen LogP contribution < -0.4 is 4.90 Å². The Hall–Kier alpha value is -1.59. The summed E-state index contributed by atoms with van der Waals surface area (Å²) in [6, 6.07) is 8.63. The van der Waals surface area contributed by atoms with Crippen molar-refractivity contribution in [3.63, 3.8) is 0 Å². The zero-order chi connectivity index (χ0) is 18.0. The summed E-state index contributed by atoms with van der Waals surface area (Å²) in [6.07, 6.45) is 1.47. The maximum atomic E-state index is 12.6. The SMILES string of the molecule is CC(C)N1CCN(c2ccc(C(=O)N(C)CC3CC(O)C3)cc2)CC1. The van der Waals surface area contributed by atoms with Crippen molar-refractivity contribution < 1.29 is 9.90 Å². The molecule has 1 amide bonds. The smallest absolute Gasteiger partial charge is 0.253 e. The largest absolute Gasteiger partial charge is 0.393 e. The minimum Gasteiger partial charge on any atom is -0.393 e. The van der Waals surface area contributed by atoms with Crippen LogP contribution in [0.15, 0.2) is 24.3 Å². The molecule has 2 aliphatic rings. The minimum absolute atomic E-state index is 0.0672. The number of hydrogen-bond acceptors (Lipinski definition) is 4. The molecule has 1 heterocycles. The molecule has 5 nitrogen and oxygen atoms in total. The molecule has 0 bridgehead atoms. The van der Waals surface area contributed by atoms with E-state index in [1.807, 2.05) is 19.2 Å². The lowest BCUT2D eigenvalue weighted by Crippen LogP contribution is -2.48. The molecule has 5 heteroatoms. The molecule has 1 saturated heterocycles. The van der Waals surface area contributed by atoms with E-state index in [0.29, 0.717) is 12.0 Å². The summed E-state index contributed by atoms with van der Waals surface area (Å²) in [4.78, 5) is 19.2. The van der Waals surface area contributed by atoms with Crippen molar-refractivity contribution in [1.82, 2.24) is 9.80 Å². The molecule has 1 N–H and O–H groups in total. The molecule has 2 fully saturated rings. The van der Waals surface area contributed by atoms with Crippen LogP contribution in [0.2, 0.25) is 0 Å². The van der Waals surface area contributed by atoms with Gasteiger partial charge >= 0.3 is 0 Å². The quantitative estimate of drug-likeness (QED) is 0.887. The third-order valence-electron chi connectivity index (χ3n) is 5.61. The fraction of sp³-hybridized carbons (Fsp3) is 0.650. The van der Waals surface area contributed by atoms with Crippen LogP contribution in [-0.4, -0.2) is 72.7 Å². The number of aliphatic hydroxyl groups is 1. The second-order valence-corrected chi connectivity index (χ2v) is 7.84. The van der Waals surface area contributed by atoms with Gasteiger partial charge in [0.05, 0.1) is 6.10 Å². The average molecular weight is 345 g/mol. The first-order valence-electron chi connectivity index (χ1n) is 9.46. The molecule has 1 aromatic carbocycles. The van der Waals surface area contributed by atoms with Crippen LogP contribution in [0.25, 0.3) is 0 Å². The van der Waals surface area contributed by atoms with E-state index in [1.54, 1.807) is 4.90 Å². The molecule has 0 aromatic heterocycles. The third-order valence-corrected chi connectivity index (χ3v) is 5.61. The molecule has 1 aliphatic carbocycles. The predicted molar refractivity (Wildman–Crippen MR) is 101 cm³/mol. The lowest BCUT2D eigenvalue weighted by molar-refractivity contribution is 0.0265. The van der Waals surface area contributed by atoms with E-state index in [2.05, 4.69) is 35.8 Å². The lowest BCUT2D eigenvalue weighted by atomic mass is 9.82. The van der Waals surface area contributed by atoms with Crippen molar-refractivity contribution in [1.29, 1.82) is 0 Å². The topological polar surface area (TPSA) is 47.0 Å². The van der Waals surface area contributed by atoms with E-state index in [-0.39, 0.29) is 12.0 Å². The van der Waals surface area contributed by atoms with Crippen LogP contribution in [0.3, 0.4) is 0 Å². The van der Waals surface area contributed by atoms with Crippen molar-refractivity contribution in [2.75, 3.05) is 44.7 Å². The Bertz CT molecular complexity index is 573. The van der Waals surface area contributed by atoms with E-state index in [1.165, 1.54) is 5.69 Å². The lowest BCUT2D eigenvalue weighted by Gasteiger charge is -2.38. The van der Waals surface area contributed by atoms with Gasteiger partial charge in [0.2, 0.25) is 0 Å². The van der Waals surface area contributed by atoms with Crippen LogP contribution in [0.4, 0.5) is 5.69 Å². The Morgan fingerprint density at radius 3 is 2.28 bits per heavy atom. The molecule has 138 valence electrons. The number of aliphatic hydroxyl groups excluding tert-OH is 1. The number of anilines is 1. The number of rotatable bonds is 5. The van der Waals surface area contributed by atoms with Gasteiger partial charge in [-0.3, -0.25) is 9.69 Å². The zero-order valence-electron chi connectivity index (χ0n) is 15.7. The predicted octanol–water partition coefficient (Wildman–Crippen LogP) is 2.06. The summed E-state index contributed by atoms with van der Waals surface area (Å²) >= 11 is 0. The van der Waals surface area contributed by atoms with Crippen molar-refractivity contribution in [2.45, 2.75) is 38.8 Å². The van der Waals surface area contributed by atoms with Gasteiger partial charge in [0, 0.05) is 57.1 Å².